The Bertz CT molecular complexity index is 1310. The second-order valence-corrected chi connectivity index (χ2v) is 7.12. The van der Waals surface area contributed by atoms with Crippen LogP contribution >= 0.6 is 0 Å². The van der Waals surface area contributed by atoms with E-state index in [2.05, 4.69) is 27.0 Å². The topological polar surface area (TPSA) is 71.6 Å². The van der Waals surface area contributed by atoms with E-state index in [1.165, 1.54) is 42.1 Å². The van der Waals surface area contributed by atoms with Crippen LogP contribution in [0.4, 0.5) is 19.0 Å². The van der Waals surface area contributed by atoms with E-state index in [-0.39, 0.29) is 11.3 Å². The molecule has 170 valence electrons. The van der Waals surface area contributed by atoms with Gasteiger partial charge < -0.3 is 9.88 Å². The Kier molecular flexibility index (Phi) is 6.91. The molecule has 0 saturated heterocycles. The van der Waals surface area contributed by atoms with Crippen LogP contribution in [0, 0.1) is 0 Å². The van der Waals surface area contributed by atoms with E-state index < -0.39 is 17.3 Å². The number of hydrogen-bond donors (Lipinski definition) is 1. The van der Waals surface area contributed by atoms with Gasteiger partial charge in [-0.15, -0.1) is 0 Å². The molecule has 0 spiro atoms. The fourth-order valence-electron chi connectivity index (χ4n) is 3.20. The van der Waals surface area contributed by atoms with Crippen molar-refractivity contribution in [2.75, 3.05) is 5.32 Å². The number of amidine groups is 1. The number of nitrogens with one attached hydrogen (secondary N) is 1. The molecule has 0 radical (unpaired) electrons. The first-order chi connectivity index (χ1) is 15.6. The molecule has 0 aliphatic rings. The molecule has 1 aromatic carbocycles. The Morgan fingerprint density at radius 3 is 2.55 bits per heavy atom. The van der Waals surface area contributed by atoms with Crippen LogP contribution in [0.5, 0.6) is 0 Å². The minimum absolute atomic E-state index is 0.0724. The molecule has 33 heavy (non-hydrogen) atoms. The highest BCUT2D eigenvalue weighted by Gasteiger charge is 2.33. The zero-order valence-electron chi connectivity index (χ0n) is 18.3. The summed E-state index contributed by atoms with van der Waals surface area (Å²) < 4.78 is 42.0. The predicted octanol–water partition coefficient (Wildman–Crippen LogP) is 5.53. The number of halogens is 3. The van der Waals surface area contributed by atoms with Crippen molar-refractivity contribution in [3.63, 3.8) is 0 Å². The van der Waals surface area contributed by atoms with Gasteiger partial charge in [0.05, 0.1) is 11.3 Å². The highest BCUT2D eigenvalue weighted by atomic mass is 19.4. The molecule has 1 N–H and O–H groups in total. The molecule has 0 atom stereocenters. The molecule has 2 heterocycles. The van der Waals surface area contributed by atoms with E-state index >= 15 is 0 Å². The van der Waals surface area contributed by atoms with Crippen LogP contribution in [-0.2, 0) is 13.2 Å². The molecule has 9 heteroatoms. The minimum Gasteiger partial charge on any atom is -0.325 e. The lowest BCUT2D eigenvalue weighted by Gasteiger charge is -2.16. The summed E-state index contributed by atoms with van der Waals surface area (Å²) in [5, 5.41) is 3.05. The molecule has 0 unspecified atom stereocenters. The molecular weight excluding hydrogens is 431 g/mol. The number of aromatic nitrogens is 2. The van der Waals surface area contributed by atoms with Crippen LogP contribution in [0.1, 0.15) is 19.4 Å². The lowest BCUT2D eigenvalue weighted by atomic mass is 9.99. The Morgan fingerprint density at radius 2 is 1.88 bits per heavy atom. The largest absolute Gasteiger partial charge is 0.417 e. The third kappa shape index (κ3) is 5.43. The number of pyridine rings is 2. The first-order valence-corrected chi connectivity index (χ1v) is 9.93. The van der Waals surface area contributed by atoms with Crippen LogP contribution in [0.2, 0.25) is 0 Å². The van der Waals surface area contributed by atoms with Crippen molar-refractivity contribution < 1.29 is 13.2 Å². The van der Waals surface area contributed by atoms with Gasteiger partial charge in [0, 0.05) is 24.9 Å². The Labute approximate surface area is 188 Å². The van der Waals surface area contributed by atoms with E-state index in [9.17, 15) is 18.0 Å². The molecule has 0 aliphatic carbocycles. The maximum absolute atomic E-state index is 13.6. The molecule has 0 aliphatic heterocycles. The average Bonchev–Trinajstić information content (AvgIpc) is 2.79. The van der Waals surface area contributed by atoms with Crippen molar-refractivity contribution >= 4 is 18.4 Å². The molecule has 0 saturated carbocycles. The van der Waals surface area contributed by atoms with Gasteiger partial charge in [-0.1, -0.05) is 18.2 Å². The molecule has 0 amide bonds. The van der Waals surface area contributed by atoms with Crippen molar-refractivity contribution in [2.24, 2.45) is 17.0 Å². The second kappa shape index (κ2) is 9.64. The van der Waals surface area contributed by atoms with E-state index in [4.69, 9.17) is 0 Å². The normalized spacial score (nSPS) is 12.5. The van der Waals surface area contributed by atoms with Crippen LogP contribution < -0.4 is 10.9 Å². The summed E-state index contributed by atoms with van der Waals surface area (Å²) in [6.07, 6.45) is -1.29. The summed E-state index contributed by atoms with van der Waals surface area (Å²) in [5.41, 5.74) is -0.0906. The van der Waals surface area contributed by atoms with Crippen molar-refractivity contribution in [1.82, 2.24) is 9.55 Å². The maximum Gasteiger partial charge on any atom is 0.417 e. The second-order valence-electron chi connectivity index (χ2n) is 7.12. The van der Waals surface area contributed by atoms with Gasteiger partial charge in [-0.3, -0.25) is 4.79 Å². The number of rotatable bonds is 5. The highest BCUT2D eigenvalue weighted by molar-refractivity contribution is 5.85. The van der Waals surface area contributed by atoms with Gasteiger partial charge in [0.25, 0.3) is 5.56 Å². The van der Waals surface area contributed by atoms with Crippen molar-refractivity contribution in [2.45, 2.75) is 20.0 Å². The van der Waals surface area contributed by atoms with E-state index in [1.54, 1.807) is 38.1 Å². The highest BCUT2D eigenvalue weighted by Crippen LogP contribution is 2.37. The molecule has 2 aromatic heterocycles. The summed E-state index contributed by atoms with van der Waals surface area (Å²) in [6.45, 7) is 6.91. The van der Waals surface area contributed by atoms with Crippen LogP contribution in [0.25, 0.3) is 22.4 Å². The quantitative estimate of drug-likeness (QED) is 0.408. The maximum atomic E-state index is 13.6. The van der Waals surface area contributed by atoms with Crippen LogP contribution in [0.15, 0.2) is 81.4 Å². The van der Waals surface area contributed by atoms with Gasteiger partial charge >= 0.3 is 6.18 Å². The van der Waals surface area contributed by atoms with Crippen molar-refractivity contribution in [3.8, 4) is 22.4 Å². The summed E-state index contributed by atoms with van der Waals surface area (Å²) >= 11 is 0. The SMILES string of the molecule is C=N/C(C)=N\C(=C/C)Nc1cc(-c2cc(-c3ccccc3C(F)(F)F)n(C)c(=O)c2)ccn1. The number of anilines is 1. The van der Waals surface area contributed by atoms with Gasteiger partial charge in [-0.2, -0.15) is 13.2 Å². The average molecular weight is 453 g/mol. The number of allylic oxidation sites excluding steroid dienone is 1. The Balaban J connectivity index is 2.09. The first-order valence-electron chi connectivity index (χ1n) is 9.93. The predicted molar refractivity (Wildman–Crippen MR) is 125 cm³/mol. The van der Waals surface area contributed by atoms with Crippen molar-refractivity contribution in [1.29, 1.82) is 0 Å². The number of aliphatic imine (C=N–C) groups is 2. The monoisotopic (exact) mass is 453 g/mol. The molecule has 0 bridgehead atoms. The number of alkyl halides is 3. The van der Waals surface area contributed by atoms with E-state index in [0.717, 1.165) is 6.07 Å². The zero-order valence-corrected chi connectivity index (χ0v) is 18.3. The van der Waals surface area contributed by atoms with Gasteiger partial charge in [-0.25, -0.2) is 15.0 Å². The fourth-order valence-corrected chi connectivity index (χ4v) is 3.20. The lowest BCUT2D eigenvalue weighted by Crippen LogP contribution is -2.19. The summed E-state index contributed by atoms with van der Waals surface area (Å²) in [4.78, 5) is 24.9. The molecule has 6 nitrogen and oxygen atoms in total. The summed E-state index contributed by atoms with van der Waals surface area (Å²) in [7, 11) is 1.44. The molecule has 3 aromatic rings. The van der Waals surface area contributed by atoms with Gasteiger partial charge in [0.15, 0.2) is 0 Å². The first kappa shape index (κ1) is 23.6. The number of nitrogens with zero attached hydrogens (tertiary/aromatic N) is 4. The van der Waals surface area contributed by atoms with E-state index in [0.29, 0.717) is 28.6 Å². The molecular formula is C24H22F3N5O. The number of hydrogen-bond acceptors (Lipinski definition) is 4. The summed E-state index contributed by atoms with van der Waals surface area (Å²) in [5.74, 6) is 1.40. The van der Waals surface area contributed by atoms with Crippen LogP contribution in [0.3, 0.4) is 0 Å². The smallest absolute Gasteiger partial charge is 0.325 e. The van der Waals surface area contributed by atoms with Gasteiger partial charge in [0.1, 0.15) is 17.5 Å². The van der Waals surface area contributed by atoms with E-state index in [1.807, 2.05) is 0 Å². The third-order valence-corrected chi connectivity index (χ3v) is 4.91. The minimum atomic E-state index is -4.56. The van der Waals surface area contributed by atoms with Crippen LogP contribution in [-0.4, -0.2) is 22.1 Å². The molecule has 0 fully saturated rings. The molecule has 3 rings (SSSR count). The fraction of sp³-hybridized carbons (Fsp3) is 0.167. The number of benzene rings is 1. The zero-order chi connectivity index (χ0) is 24.2. The third-order valence-electron chi connectivity index (χ3n) is 4.91. The van der Waals surface area contributed by atoms with Crippen molar-refractivity contribution in [3.05, 3.63) is 82.5 Å². The Hall–Kier alpha value is -4.01. The standard InChI is InChI=1S/C24H22F3N5O/c1-5-21(30-15(2)28-3)31-22-13-16(10-11-29-22)17-12-20(32(4)23(33)14-17)18-8-6-7-9-19(18)24(25,26)27/h5-14H,3H2,1-2,4H3,(H,29,31)/b21-5+,30-15-. The summed E-state index contributed by atoms with van der Waals surface area (Å²) in [6, 6.07) is 11.5. The lowest BCUT2D eigenvalue weighted by molar-refractivity contribution is -0.137. The van der Waals surface area contributed by atoms with Gasteiger partial charge in [0.2, 0.25) is 0 Å². The Morgan fingerprint density at radius 1 is 1.15 bits per heavy atom. The van der Waals surface area contributed by atoms with Gasteiger partial charge in [-0.05, 0) is 62.0 Å².